The average molecular weight is 189 g/mol. The van der Waals surface area contributed by atoms with Gasteiger partial charge in [0, 0.05) is 0 Å². The molecule has 0 amide bonds. The van der Waals surface area contributed by atoms with Gasteiger partial charge in [-0.05, 0) is 26.8 Å². The Morgan fingerprint density at radius 3 is 2.69 bits per heavy atom. The zero-order chi connectivity index (χ0) is 10.1. The number of nitrogens with one attached hydrogen (secondary N) is 1. The Kier molecular flexibility index (Phi) is 7.63. The lowest BCUT2D eigenvalue weighted by Crippen LogP contribution is -2.26. The summed E-state index contributed by atoms with van der Waals surface area (Å²) in [6.07, 6.45) is 2.10. The Morgan fingerprint density at radius 2 is 2.15 bits per heavy atom. The summed E-state index contributed by atoms with van der Waals surface area (Å²) in [7, 11) is 0. The molecule has 0 heterocycles. The number of unbranched alkanes of at least 4 members (excludes halogenated alkanes) is 1. The van der Waals surface area contributed by atoms with E-state index in [-0.39, 0.29) is 18.6 Å². The van der Waals surface area contributed by atoms with Gasteiger partial charge in [0.1, 0.15) is 0 Å². The van der Waals surface area contributed by atoms with Crippen LogP contribution in [0.2, 0.25) is 0 Å². The predicted octanol–water partition coefficient (Wildman–Crippen LogP) is 1.26. The summed E-state index contributed by atoms with van der Waals surface area (Å²) in [5.74, 6) is -0.371. The third-order valence-corrected chi connectivity index (χ3v) is 1.31. The van der Waals surface area contributed by atoms with Gasteiger partial charge in [-0.3, -0.25) is 4.89 Å². The largest absolute Gasteiger partial charge is 0.355 e. The molecule has 0 aliphatic carbocycles. The topological polar surface area (TPSA) is 47.6 Å². The van der Waals surface area contributed by atoms with Gasteiger partial charge in [0.2, 0.25) is 0 Å². The fourth-order valence-corrected chi connectivity index (χ4v) is 0.672. The van der Waals surface area contributed by atoms with Crippen LogP contribution >= 0.6 is 0 Å². The van der Waals surface area contributed by atoms with E-state index in [1.807, 2.05) is 0 Å². The maximum absolute atomic E-state index is 10.9. The minimum Gasteiger partial charge on any atom is -0.307 e. The van der Waals surface area contributed by atoms with E-state index in [1.165, 1.54) is 0 Å². The highest BCUT2D eigenvalue weighted by atomic mass is 17.2. The van der Waals surface area contributed by atoms with E-state index in [1.54, 1.807) is 13.8 Å². The molecular formula is C9H19NO3. The van der Waals surface area contributed by atoms with Gasteiger partial charge in [-0.15, -0.1) is 0 Å². The molecule has 4 heteroatoms. The molecule has 0 unspecified atom stereocenters. The Balaban J connectivity index is 3.20. The fraction of sp³-hybridized carbons (Fsp3) is 0.889. The molecule has 0 radical (unpaired) electrons. The Labute approximate surface area is 79.5 Å². The Bertz CT molecular complexity index is 137. The number of hydrogen-bond donors (Lipinski definition) is 1. The van der Waals surface area contributed by atoms with Gasteiger partial charge < -0.3 is 5.32 Å². The van der Waals surface area contributed by atoms with E-state index >= 15 is 0 Å². The maximum Gasteiger partial charge on any atom is 0.355 e. The second-order valence-corrected chi connectivity index (χ2v) is 3.13. The SMILES string of the molecule is CCCCNCC(=O)OOC(C)C. The molecule has 0 fully saturated rings. The Hall–Kier alpha value is -0.610. The number of carbonyl (C=O) groups excluding carboxylic acids is 1. The van der Waals surface area contributed by atoms with Gasteiger partial charge in [0.25, 0.3) is 0 Å². The van der Waals surface area contributed by atoms with E-state index in [0.717, 1.165) is 19.4 Å². The lowest BCUT2D eigenvalue weighted by atomic mass is 10.3. The first-order valence-corrected chi connectivity index (χ1v) is 4.73. The number of carbonyl (C=O) groups is 1. The third kappa shape index (κ3) is 9.30. The standard InChI is InChI=1S/C9H19NO3/c1-4-5-6-10-7-9(11)13-12-8(2)3/h8,10H,4-7H2,1-3H3. The van der Waals surface area contributed by atoms with Crippen LogP contribution in [0.1, 0.15) is 33.6 Å². The second-order valence-electron chi connectivity index (χ2n) is 3.13. The molecule has 0 rings (SSSR count). The highest BCUT2D eigenvalue weighted by Gasteiger charge is 2.03. The van der Waals surface area contributed by atoms with Crippen LogP contribution in [0.3, 0.4) is 0 Å². The summed E-state index contributed by atoms with van der Waals surface area (Å²) >= 11 is 0. The lowest BCUT2D eigenvalue weighted by Gasteiger charge is -2.06. The van der Waals surface area contributed by atoms with Crippen LogP contribution in [0.5, 0.6) is 0 Å². The quantitative estimate of drug-likeness (QED) is 0.372. The van der Waals surface area contributed by atoms with Crippen molar-refractivity contribution < 1.29 is 14.6 Å². The number of hydrogen-bond acceptors (Lipinski definition) is 4. The van der Waals surface area contributed by atoms with Crippen LogP contribution in [-0.2, 0) is 14.6 Å². The van der Waals surface area contributed by atoms with Crippen LogP contribution in [0, 0.1) is 0 Å². The molecule has 0 aromatic rings. The summed E-state index contributed by atoms with van der Waals surface area (Å²) in [4.78, 5) is 20.1. The molecule has 0 aliphatic rings. The van der Waals surface area contributed by atoms with Crippen molar-refractivity contribution in [2.24, 2.45) is 0 Å². The molecule has 0 aromatic heterocycles. The molecule has 0 bridgehead atoms. The highest BCUT2D eigenvalue weighted by molar-refractivity contribution is 5.70. The third-order valence-electron chi connectivity index (χ3n) is 1.31. The zero-order valence-corrected chi connectivity index (χ0v) is 8.63. The zero-order valence-electron chi connectivity index (χ0n) is 8.63. The Morgan fingerprint density at radius 1 is 1.46 bits per heavy atom. The summed E-state index contributed by atoms with van der Waals surface area (Å²) in [5, 5.41) is 2.96. The summed E-state index contributed by atoms with van der Waals surface area (Å²) < 4.78 is 0. The van der Waals surface area contributed by atoms with Crippen molar-refractivity contribution in [3.8, 4) is 0 Å². The molecular weight excluding hydrogens is 170 g/mol. The smallest absolute Gasteiger partial charge is 0.307 e. The minimum atomic E-state index is -0.371. The second kappa shape index (κ2) is 8.01. The van der Waals surface area contributed by atoms with Gasteiger partial charge in [0.05, 0.1) is 12.6 Å². The maximum atomic E-state index is 10.9. The first-order chi connectivity index (χ1) is 6.16. The van der Waals surface area contributed by atoms with Crippen molar-refractivity contribution in [2.75, 3.05) is 13.1 Å². The molecule has 0 atom stereocenters. The predicted molar refractivity (Wildman–Crippen MR) is 50.1 cm³/mol. The van der Waals surface area contributed by atoms with Crippen LogP contribution in [0.25, 0.3) is 0 Å². The molecule has 0 saturated carbocycles. The molecule has 13 heavy (non-hydrogen) atoms. The van der Waals surface area contributed by atoms with Crippen LogP contribution < -0.4 is 5.32 Å². The molecule has 1 N–H and O–H groups in total. The molecule has 0 spiro atoms. The van der Waals surface area contributed by atoms with Crippen molar-refractivity contribution >= 4 is 5.97 Å². The highest BCUT2D eigenvalue weighted by Crippen LogP contribution is 1.89. The summed E-state index contributed by atoms with van der Waals surface area (Å²) in [6.45, 7) is 6.76. The van der Waals surface area contributed by atoms with Crippen molar-refractivity contribution in [1.82, 2.24) is 5.32 Å². The van der Waals surface area contributed by atoms with Crippen molar-refractivity contribution in [1.29, 1.82) is 0 Å². The summed E-state index contributed by atoms with van der Waals surface area (Å²) in [6, 6.07) is 0. The van der Waals surface area contributed by atoms with Crippen molar-refractivity contribution in [3.63, 3.8) is 0 Å². The molecule has 78 valence electrons. The first-order valence-electron chi connectivity index (χ1n) is 4.73. The van der Waals surface area contributed by atoms with Crippen LogP contribution in [0.4, 0.5) is 0 Å². The molecule has 4 nitrogen and oxygen atoms in total. The van der Waals surface area contributed by atoms with Crippen molar-refractivity contribution in [2.45, 2.75) is 39.7 Å². The molecule has 0 saturated heterocycles. The number of rotatable bonds is 7. The molecule has 0 aromatic carbocycles. The van der Waals surface area contributed by atoms with E-state index in [0.29, 0.717) is 0 Å². The van der Waals surface area contributed by atoms with Gasteiger partial charge >= 0.3 is 5.97 Å². The van der Waals surface area contributed by atoms with Crippen molar-refractivity contribution in [3.05, 3.63) is 0 Å². The normalized spacial score (nSPS) is 10.5. The van der Waals surface area contributed by atoms with Gasteiger partial charge in [0.15, 0.2) is 0 Å². The van der Waals surface area contributed by atoms with Gasteiger partial charge in [-0.2, -0.15) is 4.89 Å². The first kappa shape index (κ1) is 12.4. The lowest BCUT2D eigenvalue weighted by molar-refractivity contribution is -0.290. The average Bonchev–Trinajstić information content (AvgIpc) is 2.09. The summed E-state index contributed by atoms with van der Waals surface area (Å²) in [5.41, 5.74) is 0. The fourth-order valence-electron chi connectivity index (χ4n) is 0.672. The van der Waals surface area contributed by atoms with Crippen LogP contribution in [0.15, 0.2) is 0 Å². The minimum absolute atomic E-state index is 0.0837. The van der Waals surface area contributed by atoms with E-state index in [9.17, 15) is 4.79 Å². The van der Waals surface area contributed by atoms with Crippen LogP contribution in [-0.4, -0.2) is 25.2 Å². The monoisotopic (exact) mass is 189 g/mol. The van der Waals surface area contributed by atoms with E-state index in [4.69, 9.17) is 0 Å². The van der Waals surface area contributed by atoms with Gasteiger partial charge in [-0.1, -0.05) is 13.3 Å². The van der Waals surface area contributed by atoms with E-state index in [2.05, 4.69) is 22.0 Å². The van der Waals surface area contributed by atoms with Gasteiger partial charge in [-0.25, -0.2) is 4.79 Å². The molecule has 0 aliphatic heterocycles. The van der Waals surface area contributed by atoms with E-state index < -0.39 is 0 Å².